The second-order valence-corrected chi connectivity index (χ2v) is 13.2. The van der Waals surface area contributed by atoms with Crippen LogP contribution in [-0.4, -0.2) is 78.0 Å². The van der Waals surface area contributed by atoms with Crippen LogP contribution >= 0.6 is 34.9 Å². The SMILES string of the molecule is CC(C)(O/N=C(\C(=O)NC1C(=O)N2C(C(=O)[O-])=C(CSc3nc(N)cc(N)[n+]3C3CC3)CS[C@H]12)c1csc(N)n1)C(=O)O. The predicted molar refractivity (Wildman–Crippen MR) is 155 cm³/mol. The van der Waals surface area contributed by atoms with Crippen LogP contribution in [0.1, 0.15) is 38.4 Å². The molecule has 4 heterocycles. The second kappa shape index (κ2) is 11.5. The number of rotatable bonds is 11. The Balaban J connectivity index is 1.34. The summed E-state index contributed by atoms with van der Waals surface area (Å²) in [6.07, 6.45) is 1.89. The fraction of sp³-hybridized carbons (Fsp3) is 0.417. The van der Waals surface area contributed by atoms with Gasteiger partial charge in [-0.05, 0) is 44.0 Å². The van der Waals surface area contributed by atoms with Crippen molar-refractivity contribution >= 4 is 81.1 Å². The average Bonchev–Trinajstić information content (AvgIpc) is 3.68. The van der Waals surface area contributed by atoms with Gasteiger partial charge in [0.2, 0.25) is 17.2 Å². The van der Waals surface area contributed by atoms with Crippen molar-refractivity contribution < 1.29 is 38.8 Å². The molecule has 5 rings (SSSR count). The molecule has 2 aromatic rings. The van der Waals surface area contributed by atoms with E-state index in [4.69, 9.17) is 22.0 Å². The van der Waals surface area contributed by atoms with Crippen molar-refractivity contribution in [1.29, 1.82) is 0 Å². The summed E-state index contributed by atoms with van der Waals surface area (Å²) in [5, 5.41) is 29.2. The van der Waals surface area contributed by atoms with E-state index in [1.807, 2.05) is 4.57 Å². The van der Waals surface area contributed by atoms with Crippen molar-refractivity contribution in [3.63, 3.8) is 0 Å². The monoisotopic (exact) mass is 649 g/mol. The molecule has 2 fully saturated rings. The Hall–Kier alpha value is -4.10. The van der Waals surface area contributed by atoms with Gasteiger partial charge in [0, 0.05) is 16.9 Å². The van der Waals surface area contributed by atoms with Crippen molar-refractivity contribution in [2.45, 2.75) is 54.9 Å². The molecule has 2 aromatic heterocycles. The molecule has 1 saturated carbocycles. The van der Waals surface area contributed by atoms with Crippen LogP contribution in [0.2, 0.25) is 0 Å². The zero-order valence-corrected chi connectivity index (χ0v) is 25.3. The molecule has 1 aliphatic carbocycles. The Labute approximate surface area is 256 Å². The van der Waals surface area contributed by atoms with Crippen LogP contribution in [0, 0.1) is 0 Å². The van der Waals surface area contributed by atoms with Crippen molar-refractivity contribution in [1.82, 2.24) is 20.2 Å². The normalized spacial score (nSPS) is 20.4. The van der Waals surface area contributed by atoms with Crippen LogP contribution in [0.5, 0.6) is 0 Å². The summed E-state index contributed by atoms with van der Waals surface area (Å²) < 4.78 is 1.87. The third-order valence-electron chi connectivity index (χ3n) is 6.68. The number of nitrogens with two attached hydrogens (primary N) is 3. The number of β-lactam (4-membered cyclic amide) rings is 1. The third-order valence-corrected chi connectivity index (χ3v) is 9.73. The number of carbonyl (C=O) groups is 4. The zero-order valence-electron chi connectivity index (χ0n) is 22.8. The van der Waals surface area contributed by atoms with Crippen molar-refractivity contribution in [3.05, 3.63) is 28.4 Å². The highest BCUT2D eigenvalue weighted by molar-refractivity contribution is 8.01. The van der Waals surface area contributed by atoms with E-state index in [1.54, 1.807) is 6.07 Å². The number of amides is 2. The van der Waals surface area contributed by atoms with Gasteiger partial charge in [-0.1, -0.05) is 10.1 Å². The van der Waals surface area contributed by atoms with Gasteiger partial charge in [0.25, 0.3) is 11.8 Å². The number of anilines is 3. The number of nitrogens with zero attached hydrogens (tertiary/aromatic N) is 5. The van der Waals surface area contributed by atoms with Crippen molar-refractivity contribution in [3.8, 4) is 0 Å². The molecule has 1 saturated heterocycles. The maximum absolute atomic E-state index is 13.2. The minimum absolute atomic E-state index is 0.00924. The number of fused-ring (bicyclic) bond motifs is 1. The molecule has 2 aliphatic heterocycles. The first-order valence-corrected chi connectivity index (χ1v) is 15.7. The highest BCUT2D eigenvalue weighted by atomic mass is 32.2. The molecule has 0 spiro atoms. The van der Waals surface area contributed by atoms with E-state index >= 15 is 0 Å². The zero-order chi connectivity index (χ0) is 31.2. The lowest BCUT2D eigenvalue weighted by atomic mass is 10.0. The van der Waals surface area contributed by atoms with Crippen LogP contribution in [0.3, 0.4) is 0 Å². The van der Waals surface area contributed by atoms with Crippen LogP contribution in [0.25, 0.3) is 0 Å². The third kappa shape index (κ3) is 6.04. The molecule has 43 heavy (non-hydrogen) atoms. The van der Waals surface area contributed by atoms with Gasteiger partial charge in [0.15, 0.2) is 10.8 Å². The number of hydrogen-bond acceptors (Lipinski definition) is 15. The summed E-state index contributed by atoms with van der Waals surface area (Å²) >= 11 is 3.54. The number of aliphatic carboxylic acids is 2. The molecule has 2 atom stereocenters. The maximum atomic E-state index is 13.2. The van der Waals surface area contributed by atoms with E-state index in [-0.39, 0.29) is 39.9 Å². The Morgan fingerprint density at radius 2 is 2.02 bits per heavy atom. The molecule has 2 amide bonds. The smallest absolute Gasteiger partial charge is 0.350 e. The number of nitrogen functional groups attached to an aromatic ring is 3. The maximum Gasteiger partial charge on any atom is 0.350 e. The van der Waals surface area contributed by atoms with E-state index < -0.39 is 46.5 Å². The number of thioether (sulfide) groups is 2. The standard InChI is InChI=1S/C24H27N9O7S3/c1-24(2,21(38)39)40-31-14(11-8-42-22(27)28-11)17(34)30-15-18(35)33-16(20(36)37)9(6-41-19(15)33)7-43-23-29-12(25)5-13(26)32(23)10-3-4-10/h5,8,10,15,19H,3-4,6-7H2,1-2H3,(H8,25,26,27,28,30,34,36,37,38,39)/b31-14-/t15?,19-/m1/s1. The van der Waals surface area contributed by atoms with Crippen molar-refractivity contribution in [2.75, 3.05) is 28.7 Å². The van der Waals surface area contributed by atoms with Crippen LogP contribution in [-0.2, 0) is 24.0 Å². The van der Waals surface area contributed by atoms with Crippen LogP contribution < -0.4 is 32.2 Å². The molecule has 0 radical (unpaired) electrons. The van der Waals surface area contributed by atoms with Crippen molar-refractivity contribution in [2.24, 2.45) is 5.16 Å². The number of carbonyl (C=O) groups excluding carboxylic acids is 3. The quantitative estimate of drug-likeness (QED) is 0.0473. The average molecular weight is 650 g/mol. The largest absolute Gasteiger partial charge is 0.543 e. The van der Waals surface area contributed by atoms with Crippen LogP contribution in [0.4, 0.5) is 16.8 Å². The summed E-state index contributed by atoms with van der Waals surface area (Å²) in [7, 11) is 0. The number of thiazole rings is 1. The van der Waals surface area contributed by atoms with E-state index in [0.717, 1.165) is 29.1 Å². The Morgan fingerprint density at radius 3 is 2.63 bits per heavy atom. The minimum Gasteiger partial charge on any atom is -0.543 e. The van der Waals surface area contributed by atoms with E-state index in [9.17, 15) is 29.4 Å². The van der Waals surface area contributed by atoms with Gasteiger partial charge in [-0.15, -0.1) is 23.1 Å². The summed E-state index contributed by atoms with van der Waals surface area (Å²) in [4.78, 5) is 64.7. The Bertz CT molecular complexity index is 1590. The van der Waals surface area contributed by atoms with Gasteiger partial charge >= 0.3 is 11.1 Å². The van der Waals surface area contributed by atoms with Gasteiger partial charge < -0.3 is 42.4 Å². The van der Waals surface area contributed by atoms with Gasteiger partial charge in [-0.25, -0.2) is 14.3 Å². The molecule has 19 heteroatoms. The minimum atomic E-state index is -1.78. The number of carboxylic acids is 2. The molecule has 0 aromatic carbocycles. The lowest BCUT2D eigenvalue weighted by Crippen LogP contribution is -2.71. The Morgan fingerprint density at radius 1 is 1.30 bits per heavy atom. The molecular formula is C24H27N9O7S3. The molecule has 228 valence electrons. The first-order chi connectivity index (χ1) is 20.3. The number of oxime groups is 1. The number of nitrogens with one attached hydrogen (secondary N) is 1. The summed E-state index contributed by atoms with van der Waals surface area (Å²) in [5.74, 6) is -3.30. The fourth-order valence-corrected chi connectivity index (χ4v) is 7.40. The van der Waals surface area contributed by atoms with Gasteiger partial charge in [-0.3, -0.25) is 14.5 Å². The van der Waals surface area contributed by atoms with Gasteiger partial charge in [0.1, 0.15) is 17.1 Å². The molecule has 0 bridgehead atoms. The molecule has 3 aliphatic rings. The first kappa shape index (κ1) is 30.4. The molecule has 8 N–H and O–H groups in total. The summed E-state index contributed by atoms with van der Waals surface area (Å²) in [6.45, 7) is 2.48. The van der Waals surface area contributed by atoms with Gasteiger partial charge in [-0.2, -0.15) is 0 Å². The molecule has 1 unspecified atom stereocenters. The first-order valence-electron chi connectivity index (χ1n) is 12.8. The topological polar surface area (TPSA) is 256 Å². The summed E-state index contributed by atoms with van der Waals surface area (Å²) in [5.41, 5.74) is 15.7. The molecule has 16 nitrogen and oxygen atoms in total. The number of aromatic nitrogens is 3. The highest BCUT2D eigenvalue weighted by Crippen LogP contribution is 2.41. The number of carboxylic acid groups (broad SMARTS) is 2. The van der Waals surface area contributed by atoms with E-state index in [2.05, 4.69) is 20.4 Å². The summed E-state index contributed by atoms with van der Waals surface area (Å²) in [6, 6.07) is 0.662. The van der Waals surface area contributed by atoms with Crippen LogP contribution in [0.15, 0.2) is 33.0 Å². The lowest BCUT2D eigenvalue weighted by Gasteiger charge is -2.50. The molecular weight excluding hydrogens is 623 g/mol. The second-order valence-electron chi connectivity index (χ2n) is 10.3. The predicted octanol–water partition coefficient (Wildman–Crippen LogP) is -1.31. The highest BCUT2D eigenvalue weighted by Gasteiger charge is 2.53. The lowest BCUT2D eigenvalue weighted by molar-refractivity contribution is -0.726. The Kier molecular flexibility index (Phi) is 8.14. The van der Waals surface area contributed by atoms with Gasteiger partial charge in [0.05, 0.1) is 23.8 Å². The fourth-order valence-electron chi connectivity index (χ4n) is 4.27. The van der Waals surface area contributed by atoms with E-state index in [1.165, 1.54) is 42.8 Å². The number of hydrogen-bond donors (Lipinski definition) is 5. The van der Waals surface area contributed by atoms with E-state index in [0.29, 0.717) is 16.5 Å².